The fourth-order valence-corrected chi connectivity index (χ4v) is 4.03. The van der Waals surface area contributed by atoms with Crippen LogP contribution in [0.1, 0.15) is 65.7 Å². The molecule has 2 rings (SSSR count). The van der Waals surface area contributed by atoms with E-state index < -0.39 is 0 Å². The first-order valence-corrected chi connectivity index (χ1v) is 8.95. The van der Waals surface area contributed by atoms with Crippen LogP contribution in [0.5, 0.6) is 0 Å². The number of likely N-dealkylation sites (N-methyl/N-ethyl adjacent to an activating group) is 1. The number of fused-ring (bicyclic) bond motifs is 2. The maximum absolute atomic E-state index is 12.4. The van der Waals surface area contributed by atoms with Gasteiger partial charge in [0.05, 0.1) is 6.04 Å². The summed E-state index contributed by atoms with van der Waals surface area (Å²) in [6.45, 7) is 8.24. The molecule has 2 aliphatic heterocycles. The molecule has 0 radical (unpaired) electrons. The zero-order chi connectivity index (χ0) is 15.2. The highest BCUT2D eigenvalue weighted by molar-refractivity contribution is 5.81. The van der Waals surface area contributed by atoms with Crippen molar-refractivity contribution in [2.45, 2.75) is 89.9 Å². The third kappa shape index (κ3) is 4.43. The van der Waals surface area contributed by atoms with Gasteiger partial charge in [-0.15, -0.1) is 0 Å². The van der Waals surface area contributed by atoms with Crippen LogP contribution in [0.25, 0.3) is 0 Å². The first kappa shape index (κ1) is 16.8. The van der Waals surface area contributed by atoms with Gasteiger partial charge in [0.15, 0.2) is 0 Å². The fraction of sp³-hybridized carbons (Fsp3) is 0.941. The van der Waals surface area contributed by atoms with E-state index in [2.05, 4.69) is 36.3 Å². The van der Waals surface area contributed by atoms with E-state index in [1.165, 1.54) is 38.5 Å². The fourth-order valence-electron chi connectivity index (χ4n) is 4.03. The number of amides is 1. The third-order valence-electron chi connectivity index (χ3n) is 5.24. The van der Waals surface area contributed by atoms with E-state index >= 15 is 0 Å². The minimum absolute atomic E-state index is 0.000809. The molecule has 122 valence electrons. The highest BCUT2D eigenvalue weighted by atomic mass is 16.2. The third-order valence-corrected chi connectivity index (χ3v) is 5.24. The Morgan fingerprint density at radius 3 is 2.48 bits per heavy atom. The van der Waals surface area contributed by atoms with Crippen molar-refractivity contribution in [3.8, 4) is 0 Å². The first-order valence-electron chi connectivity index (χ1n) is 8.95. The van der Waals surface area contributed by atoms with E-state index in [4.69, 9.17) is 0 Å². The molecule has 0 saturated carbocycles. The minimum atomic E-state index is -0.000809. The molecule has 4 heteroatoms. The van der Waals surface area contributed by atoms with Crippen LogP contribution in [0.15, 0.2) is 0 Å². The lowest BCUT2D eigenvalue weighted by molar-refractivity contribution is -0.127. The molecule has 3 unspecified atom stereocenters. The molecule has 21 heavy (non-hydrogen) atoms. The Labute approximate surface area is 130 Å². The number of hydrogen-bond acceptors (Lipinski definition) is 3. The molecular formula is C17H33N3O. The van der Waals surface area contributed by atoms with Crippen molar-refractivity contribution in [3.63, 3.8) is 0 Å². The molecule has 0 spiro atoms. The summed E-state index contributed by atoms with van der Waals surface area (Å²) in [5, 5.41) is 6.80. The van der Waals surface area contributed by atoms with Gasteiger partial charge in [-0.05, 0) is 45.6 Å². The van der Waals surface area contributed by atoms with Crippen molar-refractivity contribution >= 4 is 5.91 Å². The summed E-state index contributed by atoms with van der Waals surface area (Å²) in [6, 6.07) is 1.94. The zero-order valence-corrected chi connectivity index (χ0v) is 14.0. The molecule has 0 aromatic rings. The lowest BCUT2D eigenvalue weighted by atomic mass is 9.96. The van der Waals surface area contributed by atoms with Crippen molar-refractivity contribution in [1.82, 2.24) is 15.5 Å². The summed E-state index contributed by atoms with van der Waals surface area (Å²) in [4.78, 5) is 14.8. The average Bonchev–Trinajstić information content (AvgIpc) is 2.82. The summed E-state index contributed by atoms with van der Waals surface area (Å²) in [6.07, 6.45) is 8.54. The number of piperidine rings is 1. The number of nitrogens with zero attached hydrogens (tertiary/aromatic N) is 1. The summed E-state index contributed by atoms with van der Waals surface area (Å²) in [5.41, 5.74) is 0. The Balaban J connectivity index is 1.83. The van der Waals surface area contributed by atoms with Crippen LogP contribution < -0.4 is 10.6 Å². The van der Waals surface area contributed by atoms with Gasteiger partial charge in [0.25, 0.3) is 0 Å². The molecule has 0 aliphatic carbocycles. The SMILES string of the molecule is CCCCCNC(=O)C(C)N(CC)C1CC2CCC(C1)N2. The van der Waals surface area contributed by atoms with E-state index in [9.17, 15) is 4.79 Å². The van der Waals surface area contributed by atoms with Crippen molar-refractivity contribution in [2.75, 3.05) is 13.1 Å². The summed E-state index contributed by atoms with van der Waals surface area (Å²) in [7, 11) is 0. The lowest BCUT2D eigenvalue weighted by Gasteiger charge is -2.40. The van der Waals surface area contributed by atoms with Gasteiger partial charge in [-0.1, -0.05) is 26.7 Å². The molecule has 2 bridgehead atoms. The summed E-state index contributed by atoms with van der Waals surface area (Å²) >= 11 is 0. The number of rotatable bonds is 8. The smallest absolute Gasteiger partial charge is 0.237 e. The molecule has 3 atom stereocenters. The first-order chi connectivity index (χ1) is 10.2. The van der Waals surface area contributed by atoms with E-state index in [0.717, 1.165) is 19.5 Å². The van der Waals surface area contributed by atoms with Gasteiger partial charge in [0.2, 0.25) is 5.91 Å². The second kappa shape index (κ2) is 8.14. The minimum Gasteiger partial charge on any atom is -0.355 e. The van der Waals surface area contributed by atoms with Crippen LogP contribution in [-0.2, 0) is 4.79 Å². The van der Waals surface area contributed by atoms with Crippen LogP contribution in [0.3, 0.4) is 0 Å². The van der Waals surface area contributed by atoms with Gasteiger partial charge in [-0.2, -0.15) is 0 Å². The zero-order valence-electron chi connectivity index (χ0n) is 14.0. The molecule has 2 fully saturated rings. The quantitative estimate of drug-likeness (QED) is 0.675. The highest BCUT2D eigenvalue weighted by Gasteiger charge is 2.37. The normalized spacial score (nSPS) is 29.6. The molecule has 2 N–H and O–H groups in total. The van der Waals surface area contributed by atoms with E-state index in [1.807, 2.05) is 0 Å². The topological polar surface area (TPSA) is 44.4 Å². The maximum Gasteiger partial charge on any atom is 0.237 e. The van der Waals surface area contributed by atoms with E-state index in [1.54, 1.807) is 0 Å². The van der Waals surface area contributed by atoms with Gasteiger partial charge in [0, 0.05) is 24.7 Å². The largest absolute Gasteiger partial charge is 0.355 e. The Kier molecular flexibility index (Phi) is 6.49. The molecule has 2 aliphatic rings. The number of carbonyl (C=O) groups is 1. The van der Waals surface area contributed by atoms with Gasteiger partial charge in [-0.3, -0.25) is 9.69 Å². The van der Waals surface area contributed by atoms with Crippen LogP contribution in [0.2, 0.25) is 0 Å². The second-order valence-corrected chi connectivity index (χ2v) is 6.77. The van der Waals surface area contributed by atoms with Crippen molar-refractivity contribution < 1.29 is 4.79 Å². The lowest BCUT2D eigenvalue weighted by Crippen LogP contribution is -2.54. The number of hydrogen-bond donors (Lipinski definition) is 2. The van der Waals surface area contributed by atoms with Crippen molar-refractivity contribution in [3.05, 3.63) is 0 Å². The van der Waals surface area contributed by atoms with Gasteiger partial charge in [0.1, 0.15) is 0 Å². The predicted octanol–water partition coefficient (Wildman–Crippen LogP) is 2.29. The van der Waals surface area contributed by atoms with E-state index in [0.29, 0.717) is 18.1 Å². The Bertz CT molecular complexity index is 322. The van der Waals surface area contributed by atoms with Crippen molar-refractivity contribution in [1.29, 1.82) is 0 Å². The number of unbranched alkanes of at least 4 members (excludes halogenated alkanes) is 2. The van der Waals surface area contributed by atoms with Gasteiger partial charge in [-0.25, -0.2) is 0 Å². The van der Waals surface area contributed by atoms with Crippen LogP contribution in [0.4, 0.5) is 0 Å². The Morgan fingerprint density at radius 1 is 1.24 bits per heavy atom. The molecule has 2 saturated heterocycles. The highest BCUT2D eigenvalue weighted by Crippen LogP contribution is 2.30. The molecule has 0 aromatic carbocycles. The van der Waals surface area contributed by atoms with Crippen molar-refractivity contribution in [2.24, 2.45) is 0 Å². The molecule has 2 heterocycles. The molecule has 0 aromatic heterocycles. The van der Waals surface area contributed by atoms with Gasteiger partial charge >= 0.3 is 0 Å². The number of nitrogens with one attached hydrogen (secondary N) is 2. The average molecular weight is 295 g/mol. The molecule has 1 amide bonds. The number of carbonyl (C=O) groups excluding carboxylic acids is 1. The Morgan fingerprint density at radius 2 is 1.90 bits per heavy atom. The predicted molar refractivity (Wildman–Crippen MR) is 87.3 cm³/mol. The maximum atomic E-state index is 12.4. The van der Waals surface area contributed by atoms with Crippen LogP contribution in [-0.4, -0.2) is 48.1 Å². The summed E-state index contributed by atoms with van der Waals surface area (Å²) < 4.78 is 0. The van der Waals surface area contributed by atoms with E-state index in [-0.39, 0.29) is 11.9 Å². The Hall–Kier alpha value is -0.610. The molecular weight excluding hydrogens is 262 g/mol. The monoisotopic (exact) mass is 295 g/mol. The van der Waals surface area contributed by atoms with Crippen LogP contribution >= 0.6 is 0 Å². The summed E-state index contributed by atoms with van der Waals surface area (Å²) in [5.74, 6) is 0.207. The molecule has 4 nitrogen and oxygen atoms in total. The standard InChI is InChI=1S/C17H33N3O/c1-4-6-7-10-18-17(21)13(3)20(5-2)16-11-14-8-9-15(12-16)19-14/h13-16,19H,4-12H2,1-3H3,(H,18,21). The van der Waals surface area contributed by atoms with Gasteiger partial charge < -0.3 is 10.6 Å². The van der Waals surface area contributed by atoms with Crippen LogP contribution in [0, 0.1) is 0 Å². The second-order valence-electron chi connectivity index (χ2n) is 6.77.